The Morgan fingerprint density at radius 1 is 0.950 bits per heavy atom. The number of hydrogen-bond donors (Lipinski definition) is 1. The summed E-state index contributed by atoms with van der Waals surface area (Å²) in [5.74, 6) is 1.59. The number of benzene rings is 3. The number of fused-ring (bicyclic) bond motifs is 2. The van der Waals surface area contributed by atoms with Gasteiger partial charge >= 0.3 is 6.09 Å². The van der Waals surface area contributed by atoms with Crippen molar-refractivity contribution < 1.29 is 18.8 Å². The third-order valence-corrected chi connectivity index (χ3v) is 8.23. The van der Waals surface area contributed by atoms with Crippen molar-refractivity contribution in [1.82, 2.24) is 14.9 Å². The second-order valence-electron chi connectivity index (χ2n) is 10.1. The summed E-state index contributed by atoms with van der Waals surface area (Å²) in [6.45, 7) is 3.70. The first-order valence-electron chi connectivity index (χ1n) is 13.4. The normalized spacial score (nSPS) is 16.1. The summed E-state index contributed by atoms with van der Waals surface area (Å²) in [5, 5.41) is 11.9. The summed E-state index contributed by atoms with van der Waals surface area (Å²) in [6.07, 6.45) is 1.41. The van der Waals surface area contributed by atoms with Crippen molar-refractivity contribution in [2.24, 2.45) is 0 Å². The summed E-state index contributed by atoms with van der Waals surface area (Å²) in [7, 11) is -1.35. The summed E-state index contributed by atoms with van der Waals surface area (Å²) in [4.78, 5) is 26.7. The van der Waals surface area contributed by atoms with E-state index in [-0.39, 0.29) is 0 Å². The van der Waals surface area contributed by atoms with Gasteiger partial charge in [0, 0.05) is 61.7 Å². The molecule has 1 saturated heterocycles. The second-order valence-corrected chi connectivity index (χ2v) is 11.3. The Morgan fingerprint density at radius 3 is 2.45 bits per heavy atom. The van der Waals surface area contributed by atoms with Crippen LogP contribution in [0.15, 0.2) is 71.9 Å². The Balaban J connectivity index is 1.32. The van der Waals surface area contributed by atoms with Crippen molar-refractivity contribution in [1.29, 1.82) is 0 Å². The van der Waals surface area contributed by atoms with Gasteiger partial charge in [-0.15, -0.1) is 0 Å². The minimum atomic E-state index is -1.35. The highest BCUT2D eigenvalue weighted by molar-refractivity contribution is 7.84. The fourth-order valence-electron chi connectivity index (χ4n) is 5.44. The predicted molar refractivity (Wildman–Crippen MR) is 156 cm³/mol. The first-order chi connectivity index (χ1) is 19.5. The molecule has 3 heterocycles. The zero-order valence-electron chi connectivity index (χ0n) is 22.3. The molecule has 206 valence electrons. The van der Waals surface area contributed by atoms with Gasteiger partial charge in [-0.05, 0) is 23.4 Å². The maximum absolute atomic E-state index is 12.5. The minimum absolute atomic E-state index is 0.307. The molecule has 0 aliphatic carbocycles. The van der Waals surface area contributed by atoms with Crippen molar-refractivity contribution >= 4 is 39.2 Å². The summed E-state index contributed by atoms with van der Waals surface area (Å²) < 4.78 is 18.7. The molecule has 10 heteroatoms. The molecule has 0 bridgehead atoms. The van der Waals surface area contributed by atoms with E-state index in [1.54, 1.807) is 6.26 Å². The van der Waals surface area contributed by atoms with Crippen LogP contribution in [0.25, 0.3) is 10.8 Å². The molecule has 0 unspecified atom stereocenters. The van der Waals surface area contributed by atoms with Crippen LogP contribution in [0.2, 0.25) is 0 Å². The number of anilines is 2. The van der Waals surface area contributed by atoms with Gasteiger partial charge in [0.15, 0.2) is 0 Å². The molecule has 0 radical (unpaired) electrons. The molecule has 0 saturated carbocycles. The number of aromatic nitrogens is 2. The van der Waals surface area contributed by atoms with Crippen molar-refractivity contribution in [2.45, 2.75) is 24.7 Å². The van der Waals surface area contributed by atoms with E-state index in [9.17, 15) is 14.1 Å². The predicted octanol–water partition coefficient (Wildman–Crippen LogP) is 4.31. The molecule has 1 atom stereocenters. The maximum Gasteiger partial charge on any atom is 0.407 e. The number of nitrogens with zero attached hydrogens (tertiary/aromatic N) is 5. The van der Waals surface area contributed by atoms with Crippen LogP contribution in [-0.2, 0) is 30.4 Å². The van der Waals surface area contributed by atoms with E-state index in [1.165, 1.54) is 4.90 Å². The van der Waals surface area contributed by atoms with Crippen molar-refractivity contribution in [3.05, 3.63) is 83.6 Å². The number of ether oxygens (including phenoxy) is 1. The Labute approximate surface area is 235 Å². The molecular formula is C30H31N5O4S. The molecule has 2 aliphatic rings. The fraction of sp³-hybridized carbons (Fsp3) is 0.300. The number of carbonyl (C=O) groups is 1. The minimum Gasteiger partial charge on any atom is -0.489 e. The largest absolute Gasteiger partial charge is 0.489 e. The van der Waals surface area contributed by atoms with Crippen molar-refractivity contribution in [2.75, 3.05) is 48.8 Å². The summed E-state index contributed by atoms with van der Waals surface area (Å²) in [6, 6.07) is 22.6. The lowest BCUT2D eigenvalue weighted by Crippen LogP contribution is -2.49. The highest BCUT2D eigenvalue weighted by Crippen LogP contribution is 2.36. The van der Waals surface area contributed by atoms with Crippen LogP contribution >= 0.6 is 0 Å². The number of amides is 1. The van der Waals surface area contributed by atoms with Crippen LogP contribution < -0.4 is 14.5 Å². The molecular weight excluding hydrogens is 526 g/mol. The third kappa shape index (κ3) is 5.31. The summed E-state index contributed by atoms with van der Waals surface area (Å²) in [5.41, 5.74) is 4.09. The van der Waals surface area contributed by atoms with Crippen molar-refractivity contribution in [3.8, 4) is 5.75 Å². The van der Waals surface area contributed by atoms with E-state index >= 15 is 0 Å². The van der Waals surface area contributed by atoms with Crippen LogP contribution in [-0.4, -0.2) is 69.3 Å². The molecule has 1 N–H and O–H groups in total. The average Bonchev–Trinajstić information content (AvgIpc) is 2.99. The SMILES string of the molecule is C[S@](=O)c1nc2c(c(N3CCN(C(=O)O)CC3)n1)CCN(c1cc(OCc3ccccc3)cc3ccccc13)C2. The van der Waals surface area contributed by atoms with E-state index < -0.39 is 16.9 Å². The molecule has 6 rings (SSSR count). The topological polar surface area (TPSA) is 99.1 Å². The van der Waals surface area contributed by atoms with Gasteiger partial charge < -0.3 is 24.5 Å². The molecule has 0 spiro atoms. The zero-order chi connectivity index (χ0) is 27.6. The first kappa shape index (κ1) is 26.1. The van der Waals surface area contributed by atoms with E-state index in [0.717, 1.165) is 57.8 Å². The number of carboxylic acid groups (broad SMARTS) is 1. The van der Waals surface area contributed by atoms with Gasteiger partial charge in [-0.3, -0.25) is 4.21 Å². The monoisotopic (exact) mass is 557 g/mol. The van der Waals surface area contributed by atoms with Crippen LogP contribution in [0, 0.1) is 0 Å². The highest BCUT2D eigenvalue weighted by Gasteiger charge is 2.29. The quantitative estimate of drug-likeness (QED) is 0.350. The lowest BCUT2D eigenvalue weighted by molar-refractivity contribution is 0.142. The smallest absolute Gasteiger partial charge is 0.407 e. The number of hydrogen-bond acceptors (Lipinski definition) is 7. The average molecular weight is 558 g/mol. The van der Waals surface area contributed by atoms with E-state index in [4.69, 9.17) is 14.7 Å². The third-order valence-electron chi connectivity index (χ3n) is 7.53. The van der Waals surface area contributed by atoms with Crippen LogP contribution in [0.4, 0.5) is 16.3 Å². The van der Waals surface area contributed by atoms with Gasteiger partial charge in [0.05, 0.1) is 23.0 Å². The van der Waals surface area contributed by atoms with Gasteiger partial charge in [0.1, 0.15) is 18.2 Å². The number of rotatable bonds is 6. The Bertz CT molecular complexity index is 1570. The molecule has 9 nitrogen and oxygen atoms in total. The second kappa shape index (κ2) is 11.1. The number of piperazine rings is 1. The summed E-state index contributed by atoms with van der Waals surface area (Å²) >= 11 is 0. The lowest BCUT2D eigenvalue weighted by Gasteiger charge is -2.37. The van der Waals surface area contributed by atoms with Crippen molar-refractivity contribution in [3.63, 3.8) is 0 Å². The molecule has 1 fully saturated rings. The molecule has 40 heavy (non-hydrogen) atoms. The van der Waals surface area contributed by atoms with Crippen LogP contribution in [0.1, 0.15) is 16.8 Å². The standard InChI is InChI=1S/C30H31N5O4S/c1-40(38)29-31-26-19-35(12-11-25(26)28(32-29)33-13-15-34(16-14-33)30(36)37)27-18-23(17-22-9-5-6-10-24(22)27)39-20-21-7-3-2-4-8-21/h2-10,17-18H,11-16,19-20H2,1H3,(H,36,37)/t40-/m0/s1. The molecule has 1 amide bonds. The molecule has 3 aromatic carbocycles. The fourth-order valence-corrected chi connectivity index (χ4v) is 5.90. The first-order valence-corrected chi connectivity index (χ1v) is 14.9. The van der Waals surface area contributed by atoms with Gasteiger partial charge in [-0.25, -0.2) is 14.8 Å². The van der Waals surface area contributed by atoms with Gasteiger partial charge in [-0.1, -0.05) is 54.6 Å². The van der Waals surface area contributed by atoms with E-state index in [1.807, 2.05) is 30.3 Å². The van der Waals surface area contributed by atoms with Crippen LogP contribution in [0.3, 0.4) is 0 Å². The Hall–Kier alpha value is -4.18. The zero-order valence-corrected chi connectivity index (χ0v) is 23.1. The van der Waals surface area contributed by atoms with E-state index in [0.29, 0.717) is 44.5 Å². The lowest BCUT2D eigenvalue weighted by atomic mass is 10.0. The Kier molecular flexibility index (Phi) is 7.25. The van der Waals surface area contributed by atoms with Gasteiger partial charge in [0.25, 0.3) is 0 Å². The highest BCUT2D eigenvalue weighted by atomic mass is 32.2. The van der Waals surface area contributed by atoms with Gasteiger partial charge in [-0.2, -0.15) is 0 Å². The Morgan fingerprint density at radius 2 is 1.70 bits per heavy atom. The molecule has 2 aliphatic heterocycles. The molecule has 4 aromatic rings. The van der Waals surface area contributed by atoms with E-state index in [2.05, 4.69) is 46.2 Å². The maximum atomic E-state index is 12.5. The van der Waals surface area contributed by atoms with Crippen LogP contribution in [0.5, 0.6) is 5.75 Å². The van der Waals surface area contributed by atoms with Gasteiger partial charge in [0.2, 0.25) is 5.16 Å². The molecule has 1 aromatic heterocycles.